The van der Waals surface area contributed by atoms with E-state index >= 15 is 0 Å². The zero-order valence-corrected chi connectivity index (χ0v) is 16.6. The van der Waals surface area contributed by atoms with Crippen LogP contribution in [0.1, 0.15) is 22.3 Å². The summed E-state index contributed by atoms with van der Waals surface area (Å²) in [6.07, 6.45) is 2.13. The first-order valence-electron chi connectivity index (χ1n) is 9.57. The van der Waals surface area contributed by atoms with Gasteiger partial charge in [-0.2, -0.15) is 0 Å². The maximum absolute atomic E-state index is 9.72. The summed E-state index contributed by atoms with van der Waals surface area (Å²) in [4.78, 5) is 3.70. The van der Waals surface area contributed by atoms with E-state index in [-0.39, 0.29) is 6.61 Å². The fourth-order valence-corrected chi connectivity index (χ4v) is 3.89. The minimum atomic E-state index is 0.0114. The molecule has 4 heteroatoms. The number of benzene rings is 3. The van der Waals surface area contributed by atoms with Crippen LogP contribution >= 0.6 is 0 Å². The first kappa shape index (κ1) is 18.8. The van der Waals surface area contributed by atoms with Crippen molar-refractivity contribution in [1.82, 2.24) is 4.57 Å². The topological polar surface area (TPSA) is 55.5 Å². The Morgan fingerprint density at radius 1 is 1.00 bits per heavy atom. The van der Waals surface area contributed by atoms with Crippen molar-refractivity contribution >= 4 is 22.3 Å². The monoisotopic (exact) mass is 381 g/mol. The summed E-state index contributed by atoms with van der Waals surface area (Å²) in [6, 6.07) is 17.9. The second-order valence-corrected chi connectivity index (χ2v) is 7.38. The Morgan fingerprint density at radius 2 is 1.76 bits per heavy atom. The summed E-state index contributed by atoms with van der Waals surface area (Å²) < 4.78 is 2.20. The number of hydrogen-bond donors (Lipinski definition) is 2. The third kappa shape index (κ3) is 3.26. The normalized spacial score (nSPS) is 11.0. The summed E-state index contributed by atoms with van der Waals surface area (Å²) in [7, 11) is 0. The highest BCUT2D eigenvalue weighted by Crippen LogP contribution is 2.38. The highest BCUT2D eigenvalue weighted by molar-refractivity contribution is 6.00. The smallest absolute Gasteiger partial charge is 0.190 e. The lowest BCUT2D eigenvalue weighted by Crippen LogP contribution is -2.02. The van der Waals surface area contributed by atoms with Crippen LogP contribution in [0, 0.1) is 20.4 Å². The van der Waals surface area contributed by atoms with Crippen molar-refractivity contribution in [3.63, 3.8) is 0 Å². The van der Waals surface area contributed by atoms with Gasteiger partial charge in [0.05, 0.1) is 13.2 Å². The first-order valence-corrected chi connectivity index (χ1v) is 9.57. The lowest BCUT2D eigenvalue weighted by molar-refractivity contribution is 0.280. The zero-order valence-electron chi connectivity index (χ0n) is 16.6. The van der Waals surface area contributed by atoms with Gasteiger partial charge >= 0.3 is 0 Å². The van der Waals surface area contributed by atoms with Crippen LogP contribution in [0.2, 0.25) is 0 Å². The van der Waals surface area contributed by atoms with Crippen LogP contribution in [0.15, 0.2) is 60.8 Å². The molecule has 144 valence electrons. The van der Waals surface area contributed by atoms with Gasteiger partial charge in [-0.3, -0.25) is 0 Å². The molecule has 0 atom stereocenters. The molecule has 0 radical (unpaired) electrons. The fraction of sp³-hybridized carbons (Fsp3) is 0.160. The molecular weight excluding hydrogens is 358 g/mol. The summed E-state index contributed by atoms with van der Waals surface area (Å²) in [5.74, 6) is 0. The number of nitrogens with zero attached hydrogens (tertiary/aromatic N) is 2. The van der Waals surface area contributed by atoms with Gasteiger partial charge in [-0.15, -0.1) is 0 Å². The molecule has 3 aromatic carbocycles. The van der Waals surface area contributed by atoms with E-state index in [2.05, 4.69) is 27.7 Å². The molecule has 0 aliphatic heterocycles. The van der Waals surface area contributed by atoms with Crippen molar-refractivity contribution in [2.45, 2.75) is 27.0 Å². The molecular formula is C25H23N3O. The number of aryl methyl sites for hydroxylation is 1. The maximum atomic E-state index is 9.72. The van der Waals surface area contributed by atoms with Gasteiger partial charge in [0.2, 0.25) is 0 Å². The van der Waals surface area contributed by atoms with Gasteiger partial charge in [0.1, 0.15) is 0 Å². The van der Waals surface area contributed by atoms with E-state index in [0.29, 0.717) is 12.2 Å². The Morgan fingerprint density at radius 3 is 2.48 bits per heavy atom. The SMILES string of the molecule is [C-]#[N+]c1cc2c(-c3cccc(N)c3C)cn(Cc3ccccc3CO)c2cc1C. The van der Waals surface area contributed by atoms with Gasteiger partial charge in [0, 0.05) is 29.5 Å². The largest absolute Gasteiger partial charge is 0.398 e. The van der Waals surface area contributed by atoms with Crippen molar-refractivity contribution < 1.29 is 5.11 Å². The minimum Gasteiger partial charge on any atom is -0.398 e. The average Bonchev–Trinajstić information content (AvgIpc) is 3.06. The molecule has 0 saturated heterocycles. The molecule has 0 bridgehead atoms. The van der Waals surface area contributed by atoms with Crippen molar-refractivity contribution in [2.75, 3.05) is 5.73 Å². The highest BCUT2D eigenvalue weighted by Gasteiger charge is 2.16. The molecule has 0 fully saturated rings. The molecule has 0 spiro atoms. The Labute approximate surface area is 170 Å². The Balaban J connectivity index is 1.97. The number of aromatic nitrogens is 1. The standard InChI is InChI=1S/C25H23N3O/c1-16-11-25-21(12-24(16)27-3)22(20-9-6-10-23(26)17(20)2)14-28(25)13-18-7-4-5-8-19(18)15-29/h4-12,14,29H,13,15,26H2,1-2H3. The van der Waals surface area contributed by atoms with E-state index in [1.54, 1.807) is 0 Å². The summed E-state index contributed by atoms with van der Waals surface area (Å²) in [5.41, 5.74) is 14.8. The third-order valence-corrected chi connectivity index (χ3v) is 5.61. The maximum Gasteiger partial charge on any atom is 0.190 e. The number of fused-ring (bicyclic) bond motifs is 1. The molecule has 0 aliphatic carbocycles. The number of aliphatic hydroxyl groups is 1. The molecule has 0 unspecified atom stereocenters. The van der Waals surface area contributed by atoms with E-state index in [1.165, 1.54) is 0 Å². The number of nitrogens with two attached hydrogens (primary N) is 1. The van der Waals surface area contributed by atoms with Gasteiger partial charge in [-0.05, 0) is 65.3 Å². The van der Waals surface area contributed by atoms with Crippen LogP contribution < -0.4 is 5.73 Å². The van der Waals surface area contributed by atoms with Crippen LogP contribution in [-0.4, -0.2) is 9.67 Å². The molecule has 3 N–H and O–H groups in total. The van der Waals surface area contributed by atoms with Gasteiger partial charge in [-0.1, -0.05) is 36.4 Å². The van der Waals surface area contributed by atoms with Gasteiger partial charge in [0.25, 0.3) is 0 Å². The summed E-state index contributed by atoms with van der Waals surface area (Å²) >= 11 is 0. The van der Waals surface area contributed by atoms with Crippen LogP contribution in [0.25, 0.3) is 26.9 Å². The molecule has 0 aliphatic rings. The third-order valence-electron chi connectivity index (χ3n) is 5.61. The molecule has 1 heterocycles. The zero-order chi connectivity index (χ0) is 20.5. The number of nitrogen functional groups attached to an aromatic ring is 1. The second-order valence-electron chi connectivity index (χ2n) is 7.38. The second kappa shape index (κ2) is 7.46. The average molecular weight is 381 g/mol. The van der Waals surface area contributed by atoms with E-state index in [4.69, 9.17) is 12.3 Å². The van der Waals surface area contributed by atoms with E-state index < -0.39 is 0 Å². The van der Waals surface area contributed by atoms with Crippen LogP contribution in [-0.2, 0) is 13.2 Å². The Kier molecular flexibility index (Phi) is 4.84. The van der Waals surface area contributed by atoms with Gasteiger partial charge in [-0.25, -0.2) is 4.85 Å². The van der Waals surface area contributed by atoms with E-state index in [1.807, 2.05) is 56.3 Å². The number of hydrogen-bond acceptors (Lipinski definition) is 2. The van der Waals surface area contributed by atoms with Gasteiger partial charge < -0.3 is 15.4 Å². The summed E-state index contributed by atoms with van der Waals surface area (Å²) in [6.45, 7) is 12.2. The lowest BCUT2D eigenvalue weighted by atomic mass is 9.98. The number of rotatable bonds is 4. The van der Waals surface area contributed by atoms with Crippen molar-refractivity contribution in [3.8, 4) is 11.1 Å². The molecule has 0 amide bonds. The molecule has 4 nitrogen and oxygen atoms in total. The predicted octanol–water partition coefficient (Wildman–Crippen LogP) is 5.60. The molecule has 1 aromatic heterocycles. The quantitative estimate of drug-likeness (QED) is 0.357. The Bertz CT molecular complexity index is 1260. The molecule has 0 saturated carbocycles. The highest BCUT2D eigenvalue weighted by atomic mass is 16.3. The predicted molar refractivity (Wildman–Crippen MR) is 119 cm³/mol. The van der Waals surface area contributed by atoms with Crippen LogP contribution in [0.3, 0.4) is 0 Å². The van der Waals surface area contributed by atoms with Crippen molar-refractivity contribution in [1.29, 1.82) is 0 Å². The number of anilines is 1. The fourth-order valence-electron chi connectivity index (χ4n) is 3.89. The number of aliphatic hydroxyl groups excluding tert-OH is 1. The van der Waals surface area contributed by atoms with Gasteiger partial charge in [0.15, 0.2) is 5.69 Å². The van der Waals surface area contributed by atoms with E-state index in [9.17, 15) is 5.11 Å². The lowest BCUT2D eigenvalue weighted by Gasteiger charge is -2.10. The van der Waals surface area contributed by atoms with Crippen LogP contribution in [0.4, 0.5) is 11.4 Å². The molecule has 4 rings (SSSR count). The van der Waals surface area contributed by atoms with E-state index in [0.717, 1.165) is 50.0 Å². The minimum absolute atomic E-state index is 0.0114. The Hall–Kier alpha value is -3.55. The summed E-state index contributed by atoms with van der Waals surface area (Å²) in [5, 5.41) is 10.8. The molecule has 29 heavy (non-hydrogen) atoms. The van der Waals surface area contributed by atoms with Crippen molar-refractivity contribution in [3.05, 3.63) is 94.5 Å². The van der Waals surface area contributed by atoms with Crippen LogP contribution in [0.5, 0.6) is 0 Å². The first-order chi connectivity index (χ1) is 14.0. The van der Waals surface area contributed by atoms with Crippen molar-refractivity contribution in [2.24, 2.45) is 0 Å². The molecule has 4 aromatic rings.